The highest BCUT2D eigenvalue weighted by Crippen LogP contribution is 2.38. The van der Waals surface area contributed by atoms with Crippen LogP contribution in [0.5, 0.6) is 5.75 Å². The number of nitrogens with zero attached hydrogens (tertiary/aromatic N) is 1. The highest BCUT2D eigenvalue weighted by atomic mass is 35.5. The van der Waals surface area contributed by atoms with Gasteiger partial charge in [-0.05, 0) is 42.3 Å². The molecule has 3 aromatic rings. The molecule has 0 fully saturated rings. The van der Waals surface area contributed by atoms with Crippen molar-refractivity contribution in [2.75, 3.05) is 6.61 Å². The van der Waals surface area contributed by atoms with Gasteiger partial charge in [-0.15, -0.1) is 0 Å². The first kappa shape index (κ1) is 18.9. The highest BCUT2D eigenvalue weighted by Gasteiger charge is 2.15. The Morgan fingerprint density at radius 1 is 1.04 bits per heavy atom. The number of carboxylic acids is 1. The summed E-state index contributed by atoms with van der Waals surface area (Å²) in [5.41, 5.74) is 3.17. The number of halogens is 1. The number of carbonyl (C=O) groups is 1. The lowest BCUT2D eigenvalue weighted by atomic mass is 9.96. The minimum Gasteiger partial charge on any atom is -0.493 e. The van der Waals surface area contributed by atoms with E-state index in [1.165, 1.54) is 6.07 Å². The number of benzene rings is 2. The monoisotopic (exact) mass is 381 g/mol. The highest BCUT2D eigenvalue weighted by molar-refractivity contribution is 6.31. The first-order valence-electron chi connectivity index (χ1n) is 8.82. The van der Waals surface area contributed by atoms with Gasteiger partial charge < -0.3 is 9.84 Å². The maximum atomic E-state index is 11.3. The molecular formula is C22H20ClNO3. The van der Waals surface area contributed by atoms with Crippen LogP contribution in [0.15, 0.2) is 60.7 Å². The van der Waals surface area contributed by atoms with Crippen LogP contribution < -0.4 is 4.74 Å². The quantitative estimate of drug-likeness (QED) is 0.514. The molecule has 0 aliphatic heterocycles. The molecule has 5 heteroatoms. The van der Waals surface area contributed by atoms with Gasteiger partial charge in [0.2, 0.25) is 0 Å². The largest absolute Gasteiger partial charge is 0.493 e. The van der Waals surface area contributed by atoms with Crippen LogP contribution >= 0.6 is 11.6 Å². The van der Waals surface area contributed by atoms with Crippen LogP contribution in [0.4, 0.5) is 0 Å². The topological polar surface area (TPSA) is 59.4 Å². The summed E-state index contributed by atoms with van der Waals surface area (Å²) in [6.45, 7) is 2.74. The van der Waals surface area contributed by atoms with E-state index in [0.717, 1.165) is 35.3 Å². The van der Waals surface area contributed by atoms with Crippen LogP contribution in [0.3, 0.4) is 0 Å². The second-order valence-corrected chi connectivity index (χ2v) is 6.54. The fourth-order valence-corrected chi connectivity index (χ4v) is 2.98. The Kier molecular flexibility index (Phi) is 6.09. The van der Waals surface area contributed by atoms with Gasteiger partial charge in [0.15, 0.2) is 0 Å². The second-order valence-electron chi connectivity index (χ2n) is 6.10. The van der Waals surface area contributed by atoms with Gasteiger partial charge in [-0.2, -0.15) is 0 Å². The number of rotatable bonds is 7. The number of carboxylic acid groups (broad SMARTS) is 1. The van der Waals surface area contributed by atoms with E-state index in [4.69, 9.17) is 16.3 Å². The van der Waals surface area contributed by atoms with Crippen LogP contribution in [0, 0.1) is 0 Å². The molecule has 1 heterocycles. The van der Waals surface area contributed by atoms with Crippen molar-refractivity contribution < 1.29 is 14.6 Å². The van der Waals surface area contributed by atoms with Crippen molar-refractivity contribution in [2.45, 2.75) is 19.8 Å². The molecule has 0 aliphatic carbocycles. The lowest BCUT2D eigenvalue weighted by Crippen LogP contribution is -2.01. The van der Waals surface area contributed by atoms with Crippen molar-refractivity contribution in [1.29, 1.82) is 0 Å². The molecule has 1 aromatic heterocycles. The van der Waals surface area contributed by atoms with Gasteiger partial charge in [0.25, 0.3) is 0 Å². The first-order chi connectivity index (χ1) is 13.1. The van der Waals surface area contributed by atoms with Gasteiger partial charge in [0.1, 0.15) is 11.4 Å². The molecule has 0 radical (unpaired) electrons. The average Bonchev–Trinajstić information content (AvgIpc) is 2.69. The number of unbranched alkanes of at least 4 members (excludes halogenated alkanes) is 1. The molecule has 0 amide bonds. The summed E-state index contributed by atoms with van der Waals surface area (Å²) in [5, 5.41) is 9.85. The summed E-state index contributed by atoms with van der Waals surface area (Å²) in [7, 11) is 0. The zero-order chi connectivity index (χ0) is 19.2. The molecule has 27 heavy (non-hydrogen) atoms. The van der Waals surface area contributed by atoms with E-state index in [0.29, 0.717) is 17.3 Å². The molecule has 1 N–H and O–H groups in total. The van der Waals surface area contributed by atoms with Crippen LogP contribution in [-0.4, -0.2) is 22.7 Å². The van der Waals surface area contributed by atoms with Gasteiger partial charge >= 0.3 is 5.97 Å². The predicted molar refractivity (Wildman–Crippen MR) is 107 cm³/mol. The molecule has 138 valence electrons. The number of hydrogen-bond acceptors (Lipinski definition) is 3. The van der Waals surface area contributed by atoms with E-state index in [2.05, 4.69) is 11.9 Å². The van der Waals surface area contributed by atoms with Gasteiger partial charge in [0.05, 0.1) is 12.3 Å². The van der Waals surface area contributed by atoms with Crippen LogP contribution in [0.1, 0.15) is 30.3 Å². The Morgan fingerprint density at radius 3 is 2.56 bits per heavy atom. The summed E-state index contributed by atoms with van der Waals surface area (Å²) in [5.74, 6) is -0.310. The van der Waals surface area contributed by atoms with E-state index in [-0.39, 0.29) is 5.69 Å². The van der Waals surface area contributed by atoms with Crippen LogP contribution in [-0.2, 0) is 0 Å². The molecule has 0 spiro atoms. The van der Waals surface area contributed by atoms with Crippen molar-refractivity contribution in [3.8, 4) is 28.1 Å². The van der Waals surface area contributed by atoms with Gasteiger partial charge in [0, 0.05) is 16.1 Å². The van der Waals surface area contributed by atoms with Gasteiger partial charge in [-0.1, -0.05) is 55.3 Å². The molecule has 2 aromatic carbocycles. The summed E-state index contributed by atoms with van der Waals surface area (Å²) in [6.07, 6.45) is 2.01. The van der Waals surface area contributed by atoms with Crippen molar-refractivity contribution in [3.05, 3.63) is 71.4 Å². The van der Waals surface area contributed by atoms with E-state index in [9.17, 15) is 9.90 Å². The molecule has 0 saturated carbocycles. The Hall–Kier alpha value is -2.85. The van der Waals surface area contributed by atoms with E-state index < -0.39 is 5.97 Å². The van der Waals surface area contributed by atoms with Gasteiger partial charge in [-0.25, -0.2) is 9.78 Å². The standard InChI is InChI=1S/C22H20ClNO3/c1-2-3-13-27-21-12-11-15(23)14-18(21)16-7-4-5-8-17(16)19-9-6-10-20(24-19)22(25)26/h4-12,14H,2-3,13H2,1H3,(H,25,26). The van der Waals surface area contributed by atoms with Crippen molar-refractivity contribution >= 4 is 17.6 Å². The number of ether oxygens (including phenoxy) is 1. The second kappa shape index (κ2) is 8.69. The Balaban J connectivity index is 2.10. The van der Waals surface area contributed by atoms with E-state index in [1.54, 1.807) is 18.2 Å². The lowest BCUT2D eigenvalue weighted by Gasteiger charge is -2.15. The Labute approximate surface area is 163 Å². The summed E-state index contributed by atoms with van der Waals surface area (Å²) < 4.78 is 5.97. The number of hydrogen-bond donors (Lipinski definition) is 1. The van der Waals surface area contributed by atoms with Gasteiger partial charge in [-0.3, -0.25) is 0 Å². The van der Waals surface area contributed by atoms with Crippen molar-refractivity contribution in [2.24, 2.45) is 0 Å². The Morgan fingerprint density at radius 2 is 1.81 bits per heavy atom. The molecule has 0 unspecified atom stereocenters. The summed E-state index contributed by atoms with van der Waals surface area (Å²) in [6, 6.07) is 18.2. The zero-order valence-electron chi connectivity index (χ0n) is 15.0. The molecule has 4 nitrogen and oxygen atoms in total. The van der Waals surface area contributed by atoms with Crippen LogP contribution in [0.25, 0.3) is 22.4 Å². The number of pyridine rings is 1. The van der Waals surface area contributed by atoms with Crippen LogP contribution in [0.2, 0.25) is 5.02 Å². The molecular weight excluding hydrogens is 362 g/mol. The van der Waals surface area contributed by atoms with E-state index >= 15 is 0 Å². The summed E-state index contributed by atoms with van der Waals surface area (Å²) >= 11 is 6.24. The third-order valence-electron chi connectivity index (χ3n) is 4.16. The van der Waals surface area contributed by atoms with E-state index in [1.807, 2.05) is 36.4 Å². The third kappa shape index (κ3) is 4.47. The smallest absolute Gasteiger partial charge is 0.354 e. The average molecular weight is 382 g/mol. The molecule has 0 atom stereocenters. The third-order valence-corrected chi connectivity index (χ3v) is 4.39. The lowest BCUT2D eigenvalue weighted by molar-refractivity contribution is 0.0690. The fraction of sp³-hybridized carbons (Fsp3) is 0.182. The SMILES string of the molecule is CCCCOc1ccc(Cl)cc1-c1ccccc1-c1cccc(C(=O)O)n1. The maximum absolute atomic E-state index is 11.3. The normalized spacial score (nSPS) is 10.6. The van der Waals surface area contributed by atoms with Crippen molar-refractivity contribution in [1.82, 2.24) is 4.98 Å². The molecule has 3 rings (SSSR count). The molecule has 0 aliphatic rings. The minimum atomic E-state index is -1.05. The zero-order valence-corrected chi connectivity index (χ0v) is 15.7. The Bertz CT molecular complexity index is 956. The summed E-state index contributed by atoms with van der Waals surface area (Å²) in [4.78, 5) is 15.6. The van der Waals surface area contributed by atoms with Crippen molar-refractivity contribution in [3.63, 3.8) is 0 Å². The molecule has 0 saturated heterocycles. The number of aromatic carboxylic acids is 1. The molecule has 0 bridgehead atoms. The fourth-order valence-electron chi connectivity index (χ4n) is 2.81. The predicted octanol–water partition coefficient (Wildman–Crippen LogP) is 5.95. The number of aromatic nitrogens is 1. The maximum Gasteiger partial charge on any atom is 0.354 e. The first-order valence-corrected chi connectivity index (χ1v) is 9.20. The minimum absolute atomic E-state index is 0.00724.